The van der Waals surface area contributed by atoms with Gasteiger partial charge in [-0.3, -0.25) is 4.79 Å². The van der Waals surface area contributed by atoms with Gasteiger partial charge in [0.25, 0.3) is 0 Å². The number of hydrogen-bond donors (Lipinski definition) is 2. The van der Waals surface area contributed by atoms with Crippen LogP contribution in [0.3, 0.4) is 0 Å². The van der Waals surface area contributed by atoms with Gasteiger partial charge in [0.1, 0.15) is 0 Å². The Morgan fingerprint density at radius 1 is 1.19 bits per heavy atom. The van der Waals surface area contributed by atoms with Crippen molar-refractivity contribution in [2.75, 3.05) is 18.4 Å². The molecule has 0 unspecified atom stereocenters. The van der Waals surface area contributed by atoms with Crippen LogP contribution in [0.2, 0.25) is 0 Å². The first-order chi connectivity index (χ1) is 10.3. The third kappa shape index (κ3) is 6.02. The summed E-state index contributed by atoms with van der Waals surface area (Å²) in [7, 11) is 0. The molecular formula is C17H23BrN2O. The second-order valence-electron chi connectivity index (χ2n) is 5.39. The predicted molar refractivity (Wildman–Crippen MR) is 91.4 cm³/mol. The van der Waals surface area contributed by atoms with E-state index in [1.807, 2.05) is 24.3 Å². The fourth-order valence-corrected chi connectivity index (χ4v) is 2.87. The Bertz CT molecular complexity index is 499. The molecule has 0 aliphatic heterocycles. The van der Waals surface area contributed by atoms with E-state index in [0.29, 0.717) is 6.42 Å². The number of hydrogen-bond acceptors (Lipinski definition) is 2. The zero-order valence-electron chi connectivity index (χ0n) is 12.3. The summed E-state index contributed by atoms with van der Waals surface area (Å²) in [5, 5.41) is 6.26. The quantitative estimate of drug-likeness (QED) is 0.569. The van der Waals surface area contributed by atoms with Gasteiger partial charge in [0, 0.05) is 17.4 Å². The lowest BCUT2D eigenvalue weighted by Crippen LogP contribution is -2.23. The Kier molecular flexibility index (Phi) is 6.96. The van der Waals surface area contributed by atoms with Crippen LogP contribution in [-0.4, -0.2) is 19.0 Å². The molecule has 4 heteroatoms. The highest BCUT2D eigenvalue weighted by molar-refractivity contribution is 9.10. The summed E-state index contributed by atoms with van der Waals surface area (Å²) < 4.78 is 0.913. The minimum Gasteiger partial charge on any atom is -0.325 e. The van der Waals surface area contributed by atoms with Gasteiger partial charge < -0.3 is 10.6 Å². The molecule has 0 bridgehead atoms. The topological polar surface area (TPSA) is 41.1 Å². The van der Waals surface area contributed by atoms with Crippen LogP contribution < -0.4 is 10.6 Å². The Hall–Kier alpha value is -1.13. The molecule has 2 N–H and O–H groups in total. The predicted octanol–water partition coefficient (Wildman–Crippen LogP) is 4.26. The van der Waals surface area contributed by atoms with Gasteiger partial charge in [-0.05, 0) is 66.7 Å². The second-order valence-corrected chi connectivity index (χ2v) is 6.24. The number of carbonyl (C=O) groups is 1. The zero-order chi connectivity index (χ0) is 14.9. The van der Waals surface area contributed by atoms with Crippen LogP contribution in [0.5, 0.6) is 0 Å². The molecule has 0 spiro atoms. The lowest BCUT2D eigenvalue weighted by molar-refractivity contribution is -0.116. The van der Waals surface area contributed by atoms with Crippen LogP contribution >= 0.6 is 15.9 Å². The molecule has 21 heavy (non-hydrogen) atoms. The van der Waals surface area contributed by atoms with E-state index in [-0.39, 0.29) is 5.91 Å². The molecule has 1 aliphatic carbocycles. The van der Waals surface area contributed by atoms with Crippen LogP contribution in [0.4, 0.5) is 5.69 Å². The summed E-state index contributed by atoms with van der Waals surface area (Å²) in [4.78, 5) is 11.8. The standard InChI is InChI=1S/C17H23BrN2O/c18-15-8-4-5-9-16(15)20-17(21)11-13-19-12-10-14-6-2-1-3-7-14/h4-6,8-9,19H,1-3,7,10-13H2,(H,20,21). The van der Waals surface area contributed by atoms with Crippen molar-refractivity contribution in [2.24, 2.45) is 0 Å². The van der Waals surface area contributed by atoms with Gasteiger partial charge in [0.2, 0.25) is 5.91 Å². The molecule has 114 valence electrons. The van der Waals surface area contributed by atoms with Crippen molar-refractivity contribution in [3.8, 4) is 0 Å². The number of benzene rings is 1. The summed E-state index contributed by atoms with van der Waals surface area (Å²) in [6.45, 7) is 1.69. The van der Waals surface area contributed by atoms with Crippen molar-refractivity contribution >= 4 is 27.5 Å². The average molecular weight is 351 g/mol. The minimum atomic E-state index is 0.0475. The molecule has 0 radical (unpaired) electrons. The zero-order valence-corrected chi connectivity index (χ0v) is 13.9. The van der Waals surface area contributed by atoms with Crippen molar-refractivity contribution in [3.63, 3.8) is 0 Å². The van der Waals surface area contributed by atoms with E-state index in [1.54, 1.807) is 5.57 Å². The maximum atomic E-state index is 11.8. The second kappa shape index (κ2) is 9.00. The van der Waals surface area contributed by atoms with Crippen molar-refractivity contribution in [2.45, 2.75) is 38.5 Å². The van der Waals surface area contributed by atoms with E-state index in [1.165, 1.54) is 25.7 Å². The highest BCUT2D eigenvalue weighted by Gasteiger charge is 2.05. The van der Waals surface area contributed by atoms with Gasteiger partial charge in [-0.25, -0.2) is 0 Å². The first-order valence-corrected chi connectivity index (χ1v) is 8.48. The molecule has 0 atom stereocenters. The van der Waals surface area contributed by atoms with Crippen LogP contribution in [0, 0.1) is 0 Å². The third-order valence-corrected chi connectivity index (χ3v) is 4.38. The number of allylic oxidation sites excluding steroid dienone is 1. The summed E-state index contributed by atoms with van der Waals surface area (Å²) in [6.07, 6.45) is 9.16. The van der Waals surface area contributed by atoms with Gasteiger partial charge in [-0.1, -0.05) is 23.8 Å². The summed E-state index contributed by atoms with van der Waals surface area (Å²) in [5.74, 6) is 0.0475. The maximum Gasteiger partial charge on any atom is 0.225 e. The number of nitrogens with one attached hydrogen (secondary N) is 2. The van der Waals surface area contributed by atoms with E-state index in [9.17, 15) is 4.79 Å². The normalized spacial score (nSPS) is 14.6. The van der Waals surface area contributed by atoms with Crippen LogP contribution in [-0.2, 0) is 4.79 Å². The van der Waals surface area contributed by atoms with E-state index < -0.39 is 0 Å². The highest BCUT2D eigenvalue weighted by atomic mass is 79.9. The van der Waals surface area contributed by atoms with E-state index in [2.05, 4.69) is 32.6 Å². The molecule has 1 aliphatic rings. The molecule has 0 heterocycles. The number of anilines is 1. The number of halogens is 1. The fraction of sp³-hybridized carbons (Fsp3) is 0.471. The van der Waals surface area contributed by atoms with Crippen molar-refractivity contribution in [3.05, 3.63) is 40.4 Å². The lowest BCUT2D eigenvalue weighted by Gasteiger charge is -2.13. The molecule has 0 aromatic heterocycles. The summed E-state index contributed by atoms with van der Waals surface area (Å²) in [6, 6.07) is 7.66. The number of amides is 1. The van der Waals surface area contributed by atoms with Gasteiger partial charge in [0.05, 0.1) is 5.69 Å². The van der Waals surface area contributed by atoms with Crippen molar-refractivity contribution in [1.82, 2.24) is 5.32 Å². The molecular weight excluding hydrogens is 328 g/mol. The Morgan fingerprint density at radius 3 is 2.81 bits per heavy atom. The molecule has 0 fully saturated rings. The van der Waals surface area contributed by atoms with Crippen LogP contribution in [0.1, 0.15) is 38.5 Å². The third-order valence-electron chi connectivity index (χ3n) is 3.68. The lowest BCUT2D eigenvalue weighted by atomic mass is 9.97. The Labute approximate surface area is 135 Å². The van der Waals surface area contributed by atoms with Gasteiger partial charge >= 0.3 is 0 Å². The van der Waals surface area contributed by atoms with Gasteiger partial charge in [0.15, 0.2) is 0 Å². The SMILES string of the molecule is O=C(CCNCCC1=CCCCC1)Nc1ccccc1Br. The number of carbonyl (C=O) groups excluding carboxylic acids is 1. The molecule has 0 saturated heterocycles. The maximum absolute atomic E-state index is 11.8. The monoisotopic (exact) mass is 350 g/mol. The number of para-hydroxylation sites is 1. The minimum absolute atomic E-state index is 0.0475. The molecule has 0 saturated carbocycles. The van der Waals surface area contributed by atoms with E-state index in [4.69, 9.17) is 0 Å². The molecule has 2 rings (SSSR count). The summed E-state index contributed by atoms with van der Waals surface area (Å²) in [5.41, 5.74) is 2.40. The molecule has 1 amide bonds. The number of rotatable bonds is 7. The van der Waals surface area contributed by atoms with Crippen LogP contribution in [0.25, 0.3) is 0 Å². The van der Waals surface area contributed by atoms with Gasteiger partial charge in [-0.15, -0.1) is 0 Å². The Balaban J connectivity index is 1.59. The van der Waals surface area contributed by atoms with E-state index >= 15 is 0 Å². The fourth-order valence-electron chi connectivity index (χ4n) is 2.48. The molecule has 1 aromatic rings. The first kappa shape index (κ1) is 16.2. The van der Waals surface area contributed by atoms with E-state index in [0.717, 1.165) is 29.7 Å². The highest BCUT2D eigenvalue weighted by Crippen LogP contribution is 2.21. The first-order valence-electron chi connectivity index (χ1n) is 7.69. The van der Waals surface area contributed by atoms with Crippen molar-refractivity contribution in [1.29, 1.82) is 0 Å². The largest absolute Gasteiger partial charge is 0.325 e. The average Bonchev–Trinajstić information content (AvgIpc) is 2.50. The van der Waals surface area contributed by atoms with Gasteiger partial charge in [-0.2, -0.15) is 0 Å². The van der Waals surface area contributed by atoms with Crippen LogP contribution in [0.15, 0.2) is 40.4 Å². The summed E-state index contributed by atoms with van der Waals surface area (Å²) >= 11 is 3.43. The molecule has 3 nitrogen and oxygen atoms in total. The Morgan fingerprint density at radius 2 is 2.05 bits per heavy atom. The smallest absolute Gasteiger partial charge is 0.225 e. The molecule has 1 aromatic carbocycles. The van der Waals surface area contributed by atoms with Crippen molar-refractivity contribution < 1.29 is 4.79 Å².